The van der Waals surface area contributed by atoms with E-state index < -0.39 is 85.4 Å². The SMILES string of the molecule is CC[C@H](C)[C@H](NC(=O)[C@@H](S)[C@H]([NH3+])CCP(=O)(O)O)C(=O)N[C@@H](CC(=O)O)C(=O)O.O=C([O-])C(F)(F)F. The summed E-state index contributed by atoms with van der Waals surface area (Å²) in [5, 5.41) is 30.1. The molecule has 0 fully saturated rings. The number of aliphatic carboxylic acids is 3. The predicted octanol–water partition coefficient (Wildman–Crippen LogP) is -2.66. The quantitative estimate of drug-likeness (QED) is 0.0835. The molecule has 210 valence electrons. The van der Waals surface area contributed by atoms with Gasteiger partial charge in [-0.1, -0.05) is 20.3 Å². The number of hydrogen-bond donors (Lipinski definition) is 8. The first-order valence-electron chi connectivity index (χ1n) is 10.0. The molecule has 0 radical (unpaired) electrons. The molecule has 0 spiro atoms. The lowest BCUT2D eigenvalue weighted by molar-refractivity contribution is -0.416. The van der Waals surface area contributed by atoms with E-state index in [4.69, 9.17) is 29.9 Å². The zero-order valence-electron chi connectivity index (χ0n) is 19.1. The highest BCUT2D eigenvalue weighted by atomic mass is 32.1. The molecule has 9 N–H and O–H groups in total. The van der Waals surface area contributed by atoms with E-state index in [9.17, 15) is 36.9 Å². The van der Waals surface area contributed by atoms with Crippen molar-refractivity contribution in [3.05, 3.63) is 0 Å². The highest BCUT2D eigenvalue weighted by Gasteiger charge is 2.34. The van der Waals surface area contributed by atoms with Gasteiger partial charge in [0.1, 0.15) is 29.3 Å². The molecule has 0 heterocycles. The Bertz CT molecular complexity index is 840. The second kappa shape index (κ2) is 15.7. The van der Waals surface area contributed by atoms with Crippen LogP contribution in [0, 0.1) is 5.92 Å². The Labute approximate surface area is 208 Å². The fourth-order valence-corrected chi connectivity index (χ4v) is 3.17. The summed E-state index contributed by atoms with van der Waals surface area (Å²) in [6.07, 6.45) is -6.14. The van der Waals surface area contributed by atoms with Crippen LogP contribution < -0.4 is 21.5 Å². The number of rotatable bonds is 13. The first kappa shape index (κ1) is 35.8. The number of carboxylic acid groups (broad SMARTS) is 3. The summed E-state index contributed by atoms with van der Waals surface area (Å²) in [7, 11) is -4.26. The molecule has 2 amide bonds. The minimum Gasteiger partial charge on any atom is -0.542 e. The summed E-state index contributed by atoms with van der Waals surface area (Å²) in [6, 6.07) is -3.59. The Morgan fingerprint density at radius 1 is 1.08 bits per heavy atom. The van der Waals surface area contributed by atoms with Crippen LogP contribution in [0.1, 0.15) is 33.1 Å². The smallest absolute Gasteiger partial charge is 0.430 e. The molecule has 0 aromatic heterocycles. The normalized spacial score (nSPS) is 15.7. The lowest BCUT2D eigenvalue weighted by Gasteiger charge is -2.27. The van der Waals surface area contributed by atoms with E-state index in [1.54, 1.807) is 13.8 Å². The molecule has 0 rings (SSSR count). The highest BCUT2D eigenvalue weighted by Crippen LogP contribution is 2.35. The Hall–Kier alpha value is -2.40. The standard InChI is InChI=1S/C15H28N3O9PS.C2HF3O2/c1-3-7(2)11(13(21)17-9(15(23)24)6-10(19)20)18-14(22)12(29)8(16)4-5-28(25,26)27;3-2(4,5)1(6)7/h7-9,11-12,29H,3-6,16H2,1-2H3,(H,17,21)(H,18,22)(H,19,20)(H,23,24)(H2,25,26,27);(H,6,7)/t7-,8+,9-,11-,12-;/m0./s1. The van der Waals surface area contributed by atoms with Gasteiger partial charge < -0.3 is 46.3 Å². The number of quaternary nitrogens is 1. The Kier molecular flexibility index (Phi) is 15.6. The third-order valence-electron chi connectivity index (χ3n) is 4.52. The second-order valence-electron chi connectivity index (χ2n) is 7.54. The van der Waals surface area contributed by atoms with E-state index >= 15 is 0 Å². The number of amides is 2. The minimum absolute atomic E-state index is 0.0776. The summed E-state index contributed by atoms with van der Waals surface area (Å²) in [6.45, 7) is 3.38. The third kappa shape index (κ3) is 15.6. The van der Waals surface area contributed by atoms with E-state index in [2.05, 4.69) is 29.0 Å². The highest BCUT2D eigenvalue weighted by molar-refractivity contribution is 7.81. The van der Waals surface area contributed by atoms with Crippen molar-refractivity contribution in [3.8, 4) is 0 Å². The zero-order chi connectivity index (χ0) is 29.0. The molecule has 0 aromatic carbocycles. The fraction of sp³-hybridized carbons (Fsp3) is 0.706. The lowest BCUT2D eigenvalue weighted by Crippen LogP contribution is -2.68. The summed E-state index contributed by atoms with van der Waals surface area (Å²) in [5.74, 6) is -7.95. The van der Waals surface area contributed by atoms with E-state index in [1.807, 2.05) is 0 Å². The number of halogens is 3. The fourth-order valence-electron chi connectivity index (χ4n) is 2.28. The van der Waals surface area contributed by atoms with Crippen molar-refractivity contribution in [2.75, 3.05) is 6.16 Å². The molecule has 0 saturated heterocycles. The molecule has 0 aliphatic heterocycles. The number of carbonyl (C=O) groups excluding carboxylic acids is 3. The molecule has 14 nitrogen and oxygen atoms in total. The van der Waals surface area contributed by atoms with Gasteiger partial charge in [-0.2, -0.15) is 25.8 Å². The van der Waals surface area contributed by atoms with Crippen molar-refractivity contribution in [2.24, 2.45) is 5.92 Å². The molecule has 0 bridgehead atoms. The van der Waals surface area contributed by atoms with Crippen molar-refractivity contribution in [1.82, 2.24) is 10.6 Å². The van der Waals surface area contributed by atoms with Crippen LogP contribution in [-0.2, 0) is 28.5 Å². The van der Waals surface area contributed by atoms with Gasteiger partial charge in [0.05, 0.1) is 12.6 Å². The number of alkyl halides is 3. The maximum atomic E-state index is 12.5. The molecular weight excluding hydrogens is 542 g/mol. The molecule has 0 unspecified atom stereocenters. The van der Waals surface area contributed by atoms with E-state index in [0.717, 1.165) is 0 Å². The number of nitrogens with one attached hydrogen (secondary N) is 2. The molecule has 0 aliphatic carbocycles. The van der Waals surface area contributed by atoms with Crippen LogP contribution in [0.4, 0.5) is 13.2 Å². The monoisotopic (exact) mass is 571 g/mol. The predicted molar refractivity (Wildman–Crippen MR) is 115 cm³/mol. The summed E-state index contributed by atoms with van der Waals surface area (Å²) < 4.78 is 42.5. The van der Waals surface area contributed by atoms with Gasteiger partial charge >= 0.3 is 25.7 Å². The molecular formula is C17H29F3N3O11PS. The Balaban J connectivity index is 0. The van der Waals surface area contributed by atoms with Crippen LogP contribution >= 0.6 is 20.2 Å². The largest absolute Gasteiger partial charge is 0.542 e. The molecule has 5 atom stereocenters. The lowest BCUT2D eigenvalue weighted by atomic mass is 9.97. The Morgan fingerprint density at radius 3 is 1.89 bits per heavy atom. The van der Waals surface area contributed by atoms with Crippen molar-refractivity contribution < 1.29 is 72.5 Å². The van der Waals surface area contributed by atoms with Gasteiger partial charge in [0.15, 0.2) is 0 Å². The maximum absolute atomic E-state index is 12.5. The molecule has 0 saturated carbocycles. The van der Waals surface area contributed by atoms with Crippen molar-refractivity contribution in [1.29, 1.82) is 0 Å². The van der Waals surface area contributed by atoms with E-state index in [1.165, 1.54) is 0 Å². The maximum Gasteiger partial charge on any atom is 0.430 e. The Morgan fingerprint density at radius 2 is 1.56 bits per heavy atom. The van der Waals surface area contributed by atoms with E-state index in [0.29, 0.717) is 6.42 Å². The number of hydrogen-bond acceptors (Lipinski definition) is 8. The van der Waals surface area contributed by atoms with E-state index in [-0.39, 0.29) is 6.42 Å². The molecule has 0 aromatic rings. The van der Waals surface area contributed by atoms with Gasteiger partial charge in [0, 0.05) is 6.42 Å². The van der Waals surface area contributed by atoms with Crippen LogP contribution in [0.25, 0.3) is 0 Å². The topological polar surface area (TPSA) is 258 Å². The minimum atomic E-state index is -5.19. The van der Waals surface area contributed by atoms with Crippen LogP contribution in [0.2, 0.25) is 0 Å². The van der Waals surface area contributed by atoms with Gasteiger partial charge in [-0.15, -0.1) is 0 Å². The van der Waals surface area contributed by atoms with Crippen LogP contribution in [0.5, 0.6) is 0 Å². The first-order chi connectivity index (χ1) is 16.1. The average molecular weight is 571 g/mol. The van der Waals surface area contributed by atoms with Crippen LogP contribution in [0.3, 0.4) is 0 Å². The average Bonchev–Trinajstić information content (AvgIpc) is 2.72. The van der Waals surface area contributed by atoms with Crippen LogP contribution in [0.15, 0.2) is 0 Å². The molecule has 0 aliphatic rings. The number of carbonyl (C=O) groups is 5. The first-order valence-corrected chi connectivity index (χ1v) is 12.3. The molecule has 19 heteroatoms. The van der Waals surface area contributed by atoms with Crippen LogP contribution in [-0.4, -0.2) is 85.4 Å². The van der Waals surface area contributed by atoms with Gasteiger partial charge in [-0.05, 0) is 5.92 Å². The molecule has 36 heavy (non-hydrogen) atoms. The van der Waals surface area contributed by atoms with Gasteiger partial charge in [0.2, 0.25) is 11.8 Å². The summed E-state index contributed by atoms with van der Waals surface area (Å²) in [4.78, 5) is 73.5. The zero-order valence-corrected chi connectivity index (χ0v) is 20.9. The van der Waals surface area contributed by atoms with Gasteiger partial charge in [-0.3, -0.25) is 18.9 Å². The summed E-state index contributed by atoms with van der Waals surface area (Å²) in [5.41, 5.74) is 3.66. The van der Waals surface area contributed by atoms with Crippen molar-refractivity contribution in [3.63, 3.8) is 0 Å². The number of thiol groups is 1. The number of carboxylic acids is 3. The second-order valence-corrected chi connectivity index (χ2v) is 9.87. The summed E-state index contributed by atoms with van der Waals surface area (Å²) >= 11 is 4.11. The van der Waals surface area contributed by atoms with Gasteiger partial charge in [-0.25, -0.2) is 4.79 Å². The van der Waals surface area contributed by atoms with Crippen molar-refractivity contribution in [2.45, 2.75) is 62.7 Å². The van der Waals surface area contributed by atoms with Crippen molar-refractivity contribution >= 4 is 49.9 Å². The van der Waals surface area contributed by atoms with Gasteiger partial charge in [0.25, 0.3) is 0 Å². The third-order valence-corrected chi connectivity index (χ3v) is 6.02.